The number of nitrogens with one attached hydrogen (secondary N) is 1. The van der Waals surface area contributed by atoms with Gasteiger partial charge in [0.15, 0.2) is 9.84 Å². The van der Waals surface area contributed by atoms with Crippen molar-refractivity contribution in [3.05, 3.63) is 71.3 Å². The van der Waals surface area contributed by atoms with Crippen LogP contribution in [0.5, 0.6) is 0 Å². The van der Waals surface area contributed by atoms with Crippen molar-refractivity contribution in [3.63, 3.8) is 0 Å². The number of sulfone groups is 1. The molecule has 1 N–H and O–H groups in total. The van der Waals surface area contributed by atoms with E-state index in [-0.39, 0.29) is 24.0 Å². The Labute approximate surface area is 131 Å². The molecule has 4 nitrogen and oxygen atoms in total. The number of aryl methyl sites for hydroxylation is 1. The van der Waals surface area contributed by atoms with E-state index in [0.29, 0.717) is 5.56 Å². The standard InChI is InChI=1S/C17H19NO3S/c1-14-7-9-16(10-8-14)17(19)18-11-12-22(20,21)13-15-5-3-2-4-6-15/h2-10H,11-13H2,1H3,(H,18,19). The summed E-state index contributed by atoms with van der Waals surface area (Å²) in [5.41, 5.74) is 2.36. The molecule has 0 heterocycles. The lowest BCUT2D eigenvalue weighted by Crippen LogP contribution is -2.29. The Balaban J connectivity index is 1.85. The molecule has 0 aliphatic heterocycles. The Kier molecular flexibility index (Phi) is 5.33. The molecular weight excluding hydrogens is 298 g/mol. The fourth-order valence-electron chi connectivity index (χ4n) is 2.03. The van der Waals surface area contributed by atoms with Gasteiger partial charge >= 0.3 is 0 Å². The topological polar surface area (TPSA) is 63.2 Å². The monoisotopic (exact) mass is 317 g/mol. The van der Waals surface area contributed by atoms with E-state index in [4.69, 9.17) is 0 Å². The summed E-state index contributed by atoms with van der Waals surface area (Å²) in [6.45, 7) is 2.06. The average Bonchev–Trinajstić information content (AvgIpc) is 2.48. The Morgan fingerprint density at radius 3 is 2.27 bits per heavy atom. The Morgan fingerprint density at radius 1 is 1.00 bits per heavy atom. The number of carbonyl (C=O) groups is 1. The molecule has 2 aromatic rings. The first-order valence-electron chi connectivity index (χ1n) is 7.05. The van der Waals surface area contributed by atoms with Crippen molar-refractivity contribution in [1.82, 2.24) is 5.32 Å². The highest BCUT2D eigenvalue weighted by Crippen LogP contribution is 2.06. The molecular formula is C17H19NO3S. The van der Waals surface area contributed by atoms with Crippen LogP contribution in [0, 0.1) is 6.92 Å². The van der Waals surface area contributed by atoms with Crippen molar-refractivity contribution in [2.24, 2.45) is 0 Å². The van der Waals surface area contributed by atoms with Gasteiger partial charge in [0.2, 0.25) is 0 Å². The van der Waals surface area contributed by atoms with Crippen molar-refractivity contribution in [1.29, 1.82) is 0 Å². The van der Waals surface area contributed by atoms with Gasteiger partial charge in [-0.3, -0.25) is 4.79 Å². The smallest absolute Gasteiger partial charge is 0.251 e. The third kappa shape index (κ3) is 5.00. The van der Waals surface area contributed by atoms with Crippen LogP contribution in [-0.4, -0.2) is 26.6 Å². The quantitative estimate of drug-likeness (QED) is 0.889. The Bertz CT molecular complexity index is 722. The first-order valence-corrected chi connectivity index (χ1v) is 8.88. The van der Waals surface area contributed by atoms with Gasteiger partial charge in [-0.25, -0.2) is 8.42 Å². The van der Waals surface area contributed by atoms with Crippen LogP contribution < -0.4 is 5.32 Å². The second-order valence-electron chi connectivity index (χ2n) is 5.20. The van der Waals surface area contributed by atoms with Gasteiger partial charge in [-0.05, 0) is 24.6 Å². The van der Waals surface area contributed by atoms with Crippen molar-refractivity contribution < 1.29 is 13.2 Å². The first kappa shape index (κ1) is 16.2. The molecule has 22 heavy (non-hydrogen) atoms. The molecule has 2 rings (SSSR count). The number of amides is 1. The fraction of sp³-hybridized carbons (Fsp3) is 0.235. The summed E-state index contributed by atoms with van der Waals surface area (Å²) in [6, 6.07) is 16.2. The van der Waals surface area contributed by atoms with Gasteiger partial charge in [-0.15, -0.1) is 0 Å². The molecule has 0 aromatic heterocycles. The van der Waals surface area contributed by atoms with E-state index in [1.165, 1.54) is 0 Å². The summed E-state index contributed by atoms with van der Waals surface area (Å²) >= 11 is 0. The summed E-state index contributed by atoms with van der Waals surface area (Å²) in [5, 5.41) is 2.64. The fourth-order valence-corrected chi connectivity index (χ4v) is 3.29. The summed E-state index contributed by atoms with van der Waals surface area (Å²) in [4.78, 5) is 11.9. The number of hydrogen-bond acceptors (Lipinski definition) is 3. The molecule has 0 saturated carbocycles. The summed E-state index contributed by atoms with van der Waals surface area (Å²) in [6.07, 6.45) is 0. The molecule has 0 fully saturated rings. The van der Waals surface area contributed by atoms with Crippen LogP contribution >= 0.6 is 0 Å². The van der Waals surface area contributed by atoms with Crippen molar-refractivity contribution >= 4 is 15.7 Å². The van der Waals surface area contributed by atoms with Crippen LogP contribution in [0.3, 0.4) is 0 Å². The zero-order valence-corrected chi connectivity index (χ0v) is 13.3. The molecule has 0 unspecified atom stereocenters. The zero-order chi connectivity index (χ0) is 16.0. The van der Waals surface area contributed by atoms with E-state index in [9.17, 15) is 13.2 Å². The van der Waals surface area contributed by atoms with E-state index in [2.05, 4.69) is 5.32 Å². The largest absolute Gasteiger partial charge is 0.351 e. The molecule has 0 saturated heterocycles. The predicted octanol–water partition coefficient (Wildman–Crippen LogP) is 2.34. The molecule has 0 radical (unpaired) electrons. The van der Waals surface area contributed by atoms with Crippen LogP contribution in [0.15, 0.2) is 54.6 Å². The van der Waals surface area contributed by atoms with Gasteiger partial charge in [0.1, 0.15) is 0 Å². The second-order valence-corrected chi connectivity index (χ2v) is 7.38. The SMILES string of the molecule is Cc1ccc(C(=O)NCCS(=O)(=O)Cc2ccccc2)cc1. The van der Waals surface area contributed by atoms with Crippen LogP contribution in [-0.2, 0) is 15.6 Å². The molecule has 0 aliphatic rings. The summed E-state index contributed by atoms with van der Waals surface area (Å²) in [5.74, 6) is -0.330. The van der Waals surface area contributed by atoms with Crippen molar-refractivity contribution in [2.75, 3.05) is 12.3 Å². The highest BCUT2D eigenvalue weighted by molar-refractivity contribution is 7.90. The lowest BCUT2D eigenvalue weighted by molar-refractivity contribution is 0.0956. The van der Waals surface area contributed by atoms with E-state index in [0.717, 1.165) is 11.1 Å². The molecule has 116 valence electrons. The van der Waals surface area contributed by atoms with Crippen LogP contribution in [0.2, 0.25) is 0 Å². The van der Waals surface area contributed by atoms with E-state index in [1.807, 2.05) is 37.3 Å². The lowest BCUT2D eigenvalue weighted by Gasteiger charge is -2.07. The molecule has 0 atom stereocenters. The van der Waals surface area contributed by atoms with E-state index in [1.54, 1.807) is 24.3 Å². The highest BCUT2D eigenvalue weighted by atomic mass is 32.2. The van der Waals surface area contributed by atoms with E-state index >= 15 is 0 Å². The summed E-state index contributed by atoms with van der Waals surface area (Å²) < 4.78 is 24.0. The zero-order valence-electron chi connectivity index (χ0n) is 12.5. The maximum atomic E-state index is 12.0. The Morgan fingerprint density at radius 2 is 1.64 bits per heavy atom. The minimum atomic E-state index is -3.23. The number of carbonyl (C=O) groups excluding carboxylic acids is 1. The molecule has 5 heteroatoms. The minimum absolute atomic E-state index is 0.00571. The van der Waals surface area contributed by atoms with E-state index < -0.39 is 9.84 Å². The van der Waals surface area contributed by atoms with Gasteiger partial charge in [-0.2, -0.15) is 0 Å². The lowest BCUT2D eigenvalue weighted by atomic mass is 10.1. The number of rotatable bonds is 6. The van der Waals surface area contributed by atoms with Gasteiger partial charge in [0.25, 0.3) is 5.91 Å². The molecule has 0 aliphatic carbocycles. The molecule has 0 bridgehead atoms. The summed E-state index contributed by atoms with van der Waals surface area (Å²) in [7, 11) is -3.23. The predicted molar refractivity (Wildman–Crippen MR) is 87.4 cm³/mol. The average molecular weight is 317 g/mol. The van der Waals surface area contributed by atoms with Crippen LogP contribution in [0.25, 0.3) is 0 Å². The van der Waals surface area contributed by atoms with Crippen LogP contribution in [0.1, 0.15) is 21.5 Å². The maximum Gasteiger partial charge on any atom is 0.251 e. The highest BCUT2D eigenvalue weighted by Gasteiger charge is 2.13. The number of hydrogen-bond donors (Lipinski definition) is 1. The van der Waals surface area contributed by atoms with Crippen LogP contribution in [0.4, 0.5) is 0 Å². The van der Waals surface area contributed by atoms with Crippen molar-refractivity contribution in [3.8, 4) is 0 Å². The third-order valence-electron chi connectivity index (χ3n) is 3.24. The van der Waals surface area contributed by atoms with Gasteiger partial charge < -0.3 is 5.32 Å². The molecule has 2 aromatic carbocycles. The minimum Gasteiger partial charge on any atom is -0.351 e. The normalized spacial score (nSPS) is 11.1. The second kappa shape index (κ2) is 7.22. The number of benzene rings is 2. The third-order valence-corrected chi connectivity index (χ3v) is 4.84. The molecule has 0 spiro atoms. The van der Waals surface area contributed by atoms with Gasteiger partial charge in [0, 0.05) is 12.1 Å². The van der Waals surface area contributed by atoms with Gasteiger partial charge in [0.05, 0.1) is 11.5 Å². The molecule has 1 amide bonds. The Hall–Kier alpha value is -2.14. The first-order chi connectivity index (χ1) is 10.5. The maximum absolute atomic E-state index is 12.0. The van der Waals surface area contributed by atoms with Crippen molar-refractivity contribution in [2.45, 2.75) is 12.7 Å². The van der Waals surface area contributed by atoms with Gasteiger partial charge in [-0.1, -0.05) is 48.0 Å².